The first-order valence-electron chi connectivity index (χ1n) is 6.83. The van der Waals surface area contributed by atoms with Gasteiger partial charge in [0.2, 0.25) is 0 Å². The van der Waals surface area contributed by atoms with Crippen LogP contribution in [-0.2, 0) is 0 Å². The predicted octanol–water partition coefficient (Wildman–Crippen LogP) is 1.85. The number of H-pyrrole nitrogens is 1. The van der Waals surface area contributed by atoms with Crippen molar-refractivity contribution < 1.29 is 0 Å². The van der Waals surface area contributed by atoms with Crippen LogP contribution in [0.3, 0.4) is 0 Å². The lowest BCUT2D eigenvalue weighted by Crippen LogP contribution is -2.50. The molecule has 0 amide bonds. The number of rotatable bonds is 1. The topological polar surface area (TPSA) is 35.2 Å². The Labute approximate surface area is 107 Å². The van der Waals surface area contributed by atoms with Crippen molar-refractivity contribution in [2.75, 3.05) is 31.1 Å². The lowest BCUT2D eigenvalue weighted by molar-refractivity contribution is 0.231. The van der Waals surface area contributed by atoms with Crippen molar-refractivity contribution in [3.8, 4) is 0 Å². The van der Waals surface area contributed by atoms with E-state index in [-0.39, 0.29) is 0 Å². The van der Waals surface area contributed by atoms with Crippen LogP contribution in [0.25, 0.3) is 11.0 Å². The summed E-state index contributed by atoms with van der Waals surface area (Å²) in [4.78, 5) is 13.0. The molecule has 0 aliphatic carbocycles. The number of pyridine rings is 1. The minimum Gasteiger partial charge on any atom is -0.366 e. The van der Waals surface area contributed by atoms with Crippen LogP contribution in [0.2, 0.25) is 0 Å². The summed E-state index contributed by atoms with van der Waals surface area (Å²) in [5.74, 6) is 0. The maximum Gasteiger partial charge on any atom is 0.111 e. The third-order valence-electron chi connectivity index (χ3n) is 4.34. The number of aromatic amines is 1. The molecule has 4 nitrogen and oxygen atoms in total. The third kappa shape index (κ3) is 1.52. The SMILES string of the molecule is c1cnc2c(N3CCN4CCCC4C3)c[nH]c2c1. The Morgan fingerprint density at radius 1 is 1.28 bits per heavy atom. The molecule has 2 aliphatic heterocycles. The minimum atomic E-state index is 0.757. The van der Waals surface area contributed by atoms with E-state index < -0.39 is 0 Å². The second-order valence-corrected chi connectivity index (χ2v) is 5.35. The molecule has 1 unspecified atom stereocenters. The maximum atomic E-state index is 4.52. The molecule has 4 rings (SSSR count). The van der Waals surface area contributed by atoms with Crippen LogP contribution in [0.5, 0.6) is 0 Å². The van der Waals surface area contributed by atoms with Crippen molar-refractivity contribution >= 4 is 16.7 Å². The van der Waals surface area contributed by atoms with Crippen molar-refractivity contribution in [3.05, 3.63) is 24.5 Å². The number of anilines is 1. The summed E-state index contributed by atoms with van der Waals surface area (Å²) in [5, 5.41) is 0. The van der Waals surface area contributed by atoms with Crippen LogP contribution in [0.15, 0.2) is 24.5 Å². The van der Waals surface area contributed by atoms with Gasteiger partial charge >= 0.3 is 0 Å². The quantitative estimate of drug-likeness (QED) is 0.829. The van der Waals surface area contributed by atoms with E-state index in [1.165, 1.54) is 31.6 Å². The van der Waals surface area contributed by atoms with E-state index in [4.69, 9.17) is 0 Å². The summed E-state index contributed by atoms with van der Waals surface area (Å²) in [7, 11) is 0. The van der Waals surface area contributed by atoms with Gasteiger partial charge in [0.25, 0.3) is 0 Å². The Hall–Kier alpha value is -1.55. The molecule has 2 fully saturated rings. The second kappa shape index (κ2) is 3.99. The molecular weight excluding hydrogens is 224 g/mol. The zero-order valence-corrected chi connectivity index (χ0v) is 10.5. The normalized spacial score (nSPS) is 24.7. The monoisotopic (exact) mass is 242 g/mol. The van der Waals surface area contributed by atoms with E-state index in [9.17, 15) is 0 Å². The smallest absolute Gasteiger partial charge is 0.111 e. The van der Waals surface area contributed by atoms with E-state index in [1.54, 1.807) is 0 Å². The van der Waals surface area contributed by atoms with Crippen molar-refractivity contribution in [1.82, 2.24) is 14.9 Å². The van der Waals surface area contributed by atoms with Gasteiger partial charge in [0, 0.05) is 38.1 Å². The number of hydrogen-bond donors (Lipinski definition) is 1. The largest absolute Gasteiger partial charge is 0.366 e. The standard InChI is InChI=1S/C14H18N4/c1-4-12-14(15-5-1)13(9-16-12)18-8-7-17-6-2-3-11(17)10-18/h1,4-5,9,11,16H,2-3,6-8,10H2. The number of nitrogens with one attached hydrogen (secondary N) is 1. The molecule has 0 spiro atoms. The first-order chi connectivity index (χ1) is 8.92. The highest BCUT2D eigenvalue weighted by Gasteiger charge is 2.31. The lowest BCUT2D eigenvalue weighted by atomic mass is 10.1. The molecule has 0 radical (unpaired) electrons. The van der Waals surface area contributed by atoms with Crippen molar-refractivity contribution in [3.63, 3.8) is 0 Å². The fraction of sp³-hybridized carbons (Fsp3) is 0.500. The highest BCUT2D eigenvalue weighted by Crippen LogP contribution is 2.29. The number of hydrogen-bond acceptors (Lipinski definition) is 3. The summed E-state index contributed by atoms with van der Waals surface area (Å²) in [5.41, 5.74) is 3.53. The predicted molar refractivity (Wildman–Crippen MR) is 72.9 cm³/mol. The van der Waals surface area contributed by atoms with Gasteiger partial charge in [-0.05, 0) is 31.5 Å². The summed E-state index contributed by atoms with van der Waals surface area (Å²) in [6, 6.07) is 4.84. The fourth-order valence-corrected chi connectivity index (χ4v) is 3.39. The first-order valence-corrected chi connectivity index (χ1v) is 6.83. The van der Waals surface area contributed by atoms with Crippen LogP contribution in [0.4, 0.5) is 5.69 Å². The van der Waals surface area contributed by atoms with Crippen LogP contribution < -0.4 is 4.90 Å². The number of fused-ring (bicyclic) bond motifs is 2. The molecule has 2 saturated heterocycles. The highest BCUT2D eigenvalue weighted by atomic mass is 15.3. The molecule has 1 N–H and O–H groups in total. The van der Waals surface area contributed by atoms with E-state index in [0.717, 1.165) is 30.2 Å². The molecule has 0 saturated carbocycles. The number of piperazine rings is 1. The van der Waals surface area contributed by atoms with Crippen molar-refractivity contribution in [1.29, 1.82) is 0 Å². The van der Waals surface area contributed by atoms with Crippen molar-refractivity contribution in [2.45, 2.75) is 18.9 Å². The van der Waals surface area contributed by atoms with Gasteiger partial charge in [-0.15, -0.1) is 0 Å². The molecule has 18 heavy (non-hydrogen) atoms. The Morgan fingerprint density at radius 3 is 3.28 bits per heavy atom. The fourth-order valence-electron chi connectivity index (χ4n) is 3.39. The number of aromatic nitrogens is 2. The molecule has 2 aromatic heterocycles. The summed E-state index contributed by atoms with van der Waals surface area (Å²) < 4.78 is 0. The van der Waals surface area contributed by atoms with Gasteiger partial charge in [0.05, 0.1) is 11.2 Å². The summed E-state index contributed by atoms with van der Waals surface area (Å²) in [6.45, 7) is 4.78. The average molecular weight is 242 g/mol. The first kappa shape index (κ1) is 10.4. The van der Waals surface area contributed by atoms with Crippen LogP contribution in [0.1, 0.15) is 12.8 Å². The molecule has 94 valence electrons. The molecule has 4 heterocycles. The van der Waals surface area contributed by atoms with E-state index in [0.29, 0.717) is 0 Å². The highest BCUT2D eigenvalue weighted by molar-refractivity contribution is 5.89. The Balaban J connectivity index is 1.67. The van der Waals surface area contributed by atoms with Crippen molar-refractivity contribution in [2.24, 2.45) is 0 Å². The van der Waals surface area contributed by atoms with Crippen LogP contribution in [-0.4, -0.2) is 47.1 Å². The molecule has 2 aliphatic rings. The van der Waals surface area contributed by atoms with Gasteiger partial charge in [0.15, 0.2) is 0 Å². The zero-order chi connectivity index (χ0) is 11.9. The van der Waals surface area contributed by atoms with Gasteiger partial charge < -0.3 is 9.88 Å². The number of nitrogens with zero attached hydrogens (tertiary/aromatic N) is 3. The van der Waals surface area contributed by atoms with Crippen LogP contribution in [0, 0.1) is 0 Å². The molecule has 1 atom stereocenters. The Kier molecular flexibility index (Phi) is 2.30. The van der Waals surface area contributed by atoms with Crippen LogP contribution >= 0.6 is 0 Å². The van der Waals surface area contributed by atoms with Gasteiger partial charge in [-0.3, -0.25) is 9.88 Å². The maximum absolute atomic E-state index is 4.52. The molecule has 2 aromatic rings. The van der Waals surface area contributed by atoms with Gasteiger partial charge in [-0.1, -0.05) is 0 Å². The Morgan fingerprint density at radius 2 is 2.28 bits per heavy atom. The average Bonchev–Trinajstić information content (AvgIpc) is 3.04. The third-order valence-corrected chi connectivity index (χ3v) is 4.34. The van der Waals surface area contributed by atoms with Gasteiger partial charge in [0.1, 0.15) is 5.52 Å². The second-order valence-electron chi connectivity index (χ2n) is 5.35. The Bertz CT molecular complexity index is 562. The van der Waals surface area contributed by atoms with E-state index in [1.807, 2.05) is 12.3 Å². The summed E-state index contributed by atoms with van der Waals surface area (Å²) in [6.07, 6.45) is 6.71. The summed E-state index contributed by atoms with van der Waals surface area (Å²) >= 11 is 0. The van der Waals surface area contributed by atoms with Gasteiger partial charge in [-0.2, -0.15) is 0 Å². The van der Waals surface area contributed by atoms with Gasteiger partial charge in [-0.25, -0.2) is 0 Å². The molecular formula is C14H18N4. The zero-order valence-electron chi connectivity index (χ0n) is 10.5. The lowest BCUT2D eigenvalue weighted by Gasteiger charge is -2.38. The minimum absolute atomic E-state index is 0.757. The molecule has 0 aromatic carbocycles. The van der Waals surface area contributed by atoms with E-state index in [2.05, 4.69) is 32.0 Å². The van der Waals surface area contributed by atoms with E-state index >= 15 is 0 Å². The molecule has 4 heteroatoms. The molecule has 0 bridgehead atoms.